The Kier molecular flexibility index (Phi) is 4.69. The molecule has 2 rings (SSSR count). The molecular formula is C13H19NOS. The predicted octanol–water partition coefficient (Wildman–Crippen LogP) is 2.34. The molecule has 16 heavy (non-hydrogen) atoms. The van der Waals surface area contributed by atoms with Crippen molar-refractivity contribution in [3.05, 3.63) is 35.4 Å². The van der Waals surface area contributed by atoms with Crippen molar-refractivity contribution in [1.29, 1.82) is 0 Å². The molecule has 0 saturated carbocycles. The van der Waals surface area contributed by atoms with E-state index in [-0.39, 0.29) is 0 Å². The first-order chi connectivity index (χ1) is 7.92. The number of nitrogens with one attached hydrogen (secondary N) is 1. The summed E-state index contributed by atoms with van der Waals surface area (Å²) in [6.07, 6.45) is 1.95. The average molecular weight is 237 g/mol. The second-order valence-electron chi connectivity index (χ2n) is 4.15. The average Bonchev–Trinajstić information content (AvgIpc) is 2.35. The maximum atomic E-state index is 8.73. The molecule has 0 saturated heterocycles. The summed E-state index contributed by atoms with van der Waals surface area (Å²) in [7, 11) is 0. The monoisotopic (exact) mass is 237 g/mol. The van der Waals surface area contributed by atoms with Gasteiger partial charge in [0, 0.05) is 24.2 Å². The van der Waals surface area contributed by atoms with Gasteiger partial charge in [0.2, 0.25) is 0 Å². The third kappa shape index (κ3) is 3.00. The molecule has 0 spiro atoms. The zero-order valence-electron chi connectivity index (χ0n) is 9.48. The number of aliphatic hydroxyl groups is 1. The standard InChI is InChI=1S/C13H19NOS/c15-8-4-3-7-14-13-10-16-9-11-5-1-2-6-12(11)13/h1-2,5-6,13-15H,3-4,7-10H2. The maximum absolute atomic E-state index is 8.73. The molecule has 3 heteroatoms. The fourth-order valence-corrected chi connectivity index (χ4v) is 3.20. The zero-order chi connectivity index (χ0) is 11.2. The highest BCUT2D eigenvalue weighted by molar-refractivity contribution is 7.98. The van der Waals surface area contributed by atoms with Crippen molar-refractivity contribution >= 4 is 11.8 Å². The number of hydrogen-bond donors (Lipinski definition) is 2. The quantitative estimate of drug-likeness (QED) is 0.771. The molecule has 0 fully saturated rings. The van der Waals surface area contributed by atoms with Crippen LogP contribution >= 0.6 is 11.8 Å². The Morgan fingerprint density at radius 2 is 2.19 bits per heavy atom. The predicted molar refractivity (Wildman–Crippen MR) is 69.7 cm³/mol. The van der Waals surface area contributed by atoms with Crippen molar-refractivity contribution in [3.8, 4) is 0 Å². The number of thioether (sulfide) groups is 1. The Hall–Kier alpha value is -0.510. The summed E-state index contributed by atoms with van der Waals surface area (Å²) in [5.74, 6) is 2.31. The number of fused-ring (bicyclic) bond motifs is 1. The maximum Gasteiger partial charge on any atom is 0.0431 e. The van der Waals surface area contributed by atoms with Gasteiger partial charge in [0.1, 0.15) is 0 Å². The largest absolute Gasteiger partial charge is 0.396 e. The first-order valence-corrected chi connectivity index (χ1v) is 7.07. The minimum Gasteiger partial charge on any atom is -0.396 e. The second-order valence-corrected chi connectivity index (χ2v) is 5.18. The van der Waals surface area contributed by atoms with Crippen LogP contribution in [0.4, 0.5) is 0 Å². The van der Waals surface area contributed by atoms with Crippen LogP contribution in [0.25, 0.3) is 0 Å². The molecule has 2 nitrogen and oxygen atoms in total. The molecule has 1 atom stereocenters. The van der Waals surface area contributed by atoms with Gasteiger partial charge in [-0.2, -0.15) is 11.8 Å². The number of benzene rings is 1. The van der Waals surface area contributed by atoms with Crippen LogP contribution in [0.2, 0.25) is 0 Å². The summed E-state index contributed by atoms with van der Waals surface area (Å²) in [6, 6.07) is 9.20. The van der Waals surface area contributed by atoms with Gasteiger partial charge in [-0.3, -0.25) is 0 Å². The number of aliphatic hydroxyl groups excluding tert-OH is 1. The Bertz CT molecular complexity index is 329. The van der Waals surface area contributed by atoms with E-state index in [0.29, 0.717) is 12.6 Å². The fourth-order valence-electron chi connectivity index (χ4n) is 2.06. The molecule has 1 aliphatic heterocycles. The molecule has 2 N–H and O–H groups in total. The van der Waals surface area contributed by atoms with Crippen LogP contribution in [0, 0.1) is 0 Å². The molecule has 0 aromatic heterocycles. The van der Waals surface area contributed by atoms with E-state index in [4.69, 9.17) is 5.11 Å². The van der Waals surface area contributed by atoms with Crippen molar-refractivity contribution in [2.75, 3.05) is 18.9 Å². The van der Waals surface area contributed by atoms with Crippen molar-refractivity contribution < 1.29 is 5.11 Å². The Morgan fingerprint density at radius 3 is 3.06 bits per heavy atom. The van der Waals surface area contributed by atoms with Gasteiger partial charge >= 0.3 is 0 Å². The molecule has 1 heterocycles. The van der Waals surface area contributed by atoms with Gasteiger partial charge in [0.15, 0.2) is 0 Å². The Labute approximate surface area is 101 Å². The van der Waals surface area contributed by atoms with E-state index >= 15 is 0 Å². The molecule has 1 aromatic carbocycles. The van der Waals surface area contributed by atoms with Crippen LogP contribution in [0.1, 0.15) is 30.0 Å². The van der Waals surface area contributed by atoms with E-state index < -0.39 is 0 Å². The SMILES string of the molecule is OCCCCNC1CSCc2ccccc21. The van der Waals surface area contributed by atoms with Crippen LogP contribution in [-0.4, -0.2) is 24.0 Å². The van der Waals surface area contributed by atoms with Crippen molar-refractivity contribution in [2.24, 2.45) is 0 Å². The van der Waals surface area contributed by atoms with Crippen molar-refractivity contribution in [1.82, 2.24) is 5.32 Å². The summed E-state index contributed by atoms with van der Waals surface area (Å²) in [5, 5.41) is 12.3. The van der Waals surface area contributed by atoms with Gasteiger partial charge in [-0.25, -0.2) is 0 Å². The number of rotatable bonds is 5. The lowest BCUT2D eigenvalue weighted by Crippen LogP contribution is -2.27. The zero-order valence-corrected chi connectivity index (χ0v) is 10.3. The van der Waals surface area contributed by atoms with Gasteiger partial charge in [0.05, 0.1) is 0 Å². The number of unbranched alkanes of at least 4 members (excludes halogenated alkanes) is 1. The third-order valence-corrected chi connectivity index (χ3v) is 4.03. The molecule has 0 bridgehead atoms. The smallest absolute Gasteiger partial charge is 0.0431 e. The minimum absolute atomic E-state index is 0.303. The highest BCUT2D eigenvalue weighted by atomic mass is 32.2. The summed E-state index contributed by atoms with van der Waals surface area (Å²) < 4.78 is 0. The summed E-state index contributed by atoms with van der Waals surface area (Å²) in [4.78, 5) is 0. The van der Waals surface area contributed by atoms with E-state index in [0.717, 1.165) is 30.9 Å². The molecule has 1 aliphatic rings. The number of hydrogen-bond acceptors (Lipinski definition) is 3. The summed E-state index contributed by atoms with van der Waals surface area (Å²) in [6.45, 7) is 1.30. The summed E-state index contributed by atoms with van der Waals surface area (Å²) >= 11 is 2.00. The van der Waals surface area contributed by atoms with E-state index in [1.54, 1.807) is 0 Å². The first kappa shape index (κ1) is 12.0. The lowest BCUT2D eigenvalue weighted by atomic mass is 10.0. The molecule has 88 valence electrons. The van der Waals surface area contributed by atoms with E-state index in [2.05, 4.69) is 29.6 Å². The van der Waals surface area contributed by atoms with Gasteiger partial charge in [-0.1, -0.05) is 24.3 Å². The van der Waals surface area contributed by atoms with E-state index in [1.165, 1.54) is 11.1 Å². The topological polar surface area (TPSA) is 32.3 Å². The van der Waals surface area contributed by atoms with Crippen molar-refractivity contribution in [3.63, 3.8) is 0 Å². The van der Waals surface area contributed by atoms with Gasteiger partial charge in [0.25, 0.3) is 0 Å². The lowest BCUT2D eigenvalue weighted by Gasteiger charge is -2.26. The molecule has 0 radical (unpaired) electrons. The third-order valence-electron chi connectivity index (χ3n) is 2.95. The van der Waals surface area contributed by atoms with Gasteiger partial charge in [-0.05, 0) is 30.5 Å². The van der Waals surface area contributed by atoms with Gasteiger partial charge < -0.3 is 10.4 Å². The molecule has 1 unspecified atom stereocenters. The van der Waals surface area contributed by atoms with Crippen LogP contribution in [-0.2, 0) is 5.75 Å². The van der Waals surface area contributed by atoms with E-state index in [1.807, 2.05) is 11.8 Å². The Balaban J connectivity index is 1.91. The van der Waals surface area contributed by atoms with Crippen LogP contribution in [0.3, 0.4) is 0 Å². The Morgan fingerprint density at radius 1 is 1.31 bits per heavy atom. The molecule has 1 aromatic rings. The fraction of sp³-hybridized carbons (Fsp3) is 0.538. The highest BCUT2D eigenvalue weighted by Gasteiger charge is 2.18. The normalized spacial score (nSPS) is 19.4. The van der Waals surface area contributed by atoms with E-state index in [9.17, 15) is 0 Å². The van der Waals surface area contributed by atoms with Gasteiger partial charge in [-0.15, -0.1) is 0 Å². The minimum atomic E-state index is 0.303. The first-order valence-electron chi connectivity index (χ1n) is 5.91. The molecular weight excluding hydrogens is 218 g/mol. The second kappa shape index (κ2) is 6.28. The summed E-state index contributed by atoms with van der Waals surface area (Å²) in [5.41, 5.74) is 2.93. The van der Waals surface area contributed by atoms with Crippen LogP contribution < -0.4 is 5.32 Å². The molecule has 0 aliphatic carbocycles. The highest BCUT2D eigenvalue weighted by Crippen LogP contribution is 2.31. The lowest BCUT2D eigenvalue weighted by molar-refractivity contribution is 0.283. The molecule has 0 amide bonds. The van der Waals surface area contributed by atoms with Crippen molar-refractivity contribution in [2.45, 2.75) is 24.6 Å². The van der Waals surface area contributed by atoms with Crippen LogP contribution in [0.15, 0.2) is 24.3 Å². The van der Waals surface area contributed by atoms with Crippen LogP contribution in [0.5, 0.6) is 0 Å².